The van der Waals surface area contributed by atoms with E-state index in [1.165, 1.54) is 70.6 Å². The lowest BCUT2D eigenvalue weighted by molar-refractivity contribution is 0.169. The monoisotopic (exact) mass is 360 g/mol. The lowest BCUT2D eigenvalue weighted by Gasteiger charge is -2.34. The molecule has 0 aromatic rings. The van der Waals surface area contributed by atoms with Gasteiger partial charge in [0.25, 0.3) is 0 Å². The molecule has 0 amide bonds. The molecule has 0 heteroatoms. The average Bonchev–Trinajstić information content (AvgIpc) is 3.06. The van der Waals surface area contributed by atoms with Crippen molar-refractivity contribution in [3.8, 4) is 0 Å². The molecule has 0 saturated heterocycles. The van der Waals surface area contributed by atoms with Crippen LogP contribution in [0.2, 0.25) is 0 Å². The molecule has 2 fully saturated rings. The molecule has 0 radical (unpaired) electrons. The summed E-state index contributed by atoms with van der Waals surface area (Å²) >= 11 is 0. The first-order valence-electron chi connectivity index (χ1n) is 12.1. The number of allylic oxidation sites excluding steroid dienone is 2. The van der Waals surface area contributed by atoms with Crippen molar-refractivity contribution in [1.29, 1.82) is 0 Å². The minimum atomic E-state index is 0.872. The van der Waals surface area contributed by atoms with Gasteiger partial charge in [0.2, 0.25) is 0 Å². The summed E-state index contributed by atoms with van der Waals surface area (Å²) in [6.07, 6.45) is 18.4. The van der Waals surface area contributed by atoms with Gasteiger partial charge in [-0.05, 0) is 86.9 Å². The van der Waals surface area contributed by atoms with Crippen LogP contribution < -0.4 is 0 Å². The summed E-state index contributed by atoms with van der Waals surface area (Å²) in [6.45, 7) is 14.7. The molecular formula is C26H48. The molecule has 0 N–H and O–H groups in total. The van der Waals surface area contributed by atoms with Gasteiger partial charge in [-0.3, -0.25) is 0 Å². The Balaban J connectivity index is 1.90. The minimum Gasteiger partial charge on any atom is -0.0882 e. The maximum absolute atomic E-state index is 2.60. The first kappa shape index (κ1) is 22.0. The number of hydrogen-bond donors (Lipinski definition) is 0. The molecule has 0 aromatic carbocycles. The molecule has 0 aromatic heterocycles. The molecule has 0 heterocycles. The van der Waals surface area contributed by atoms with Gasteiger partial charge in [0.05, 0.1) is 0 Å². The van der Waals surface area contributed by atoms with E-state index >= 15 is 0 Å². The van der Waals surface area contributed by atoms with Crippen molar-refractivity contribution in [3.63, 3.8) is 0 Å². The summed E-state index contributed by atoms with van der Waals surface area (Å²) in [5, 5.41) is 0. The largest absolute Gasteiger partial charge is 0.0882 e. The Hall–Kier alpha value is -0.260. The maximum atomic E-state index is 2.60. The van der Waals surface area contributed by atoms with Gasteiger partial charge in [0, 0.05) is 0 Å². The zero-order chi connectivity index (χ0) is 19.1. The fourth-order valence-electron chi connectivity index (χ4n) is 6.59. The van der Waals surface area contributed by atoms with Gasteiger partial charge in [0.1, 0.15) is 0 Å². The van der Waals surface area contributed by atoms with E-state index in [1.54, 1.807) is 5.57 Å². The summed E-state index contributed by atoms with van der Waals surface area (Å²) in [4.78, 5) is 0. The summed E-state index contributed by atoms with van der Waals surface area (Å²) in [6, 6.07) is 0. The molecule has 0 bridgehead atoms. The van der Waals surface area contributed by atoms with Crippen LogP contribution in [0.15, 0.2) is 11.6 Å². The van der Waals surface area contributed by atoms with Gasteiger partial charge < -0.3 is 0 Å². The highest BCUT2D eigenvalue weighted by Gasteiger charge is 2.40. The molecular weight excluding hydrogens is 312 g/mol. The van der Waals surface area contributed by atoms with E-state index in [0.717, 1.165) is 41.4 Å². The highest BCUT2D eigenvalue weighted by Crippen LogP contribution is 2.49. The van der Waals surface area contributed by atoms with Crippen LogP contribution in [0.3, 0.4) is 0 Å². The average molecular weight is 361 g/mol. The van der Waals surface area contributed by atoms with E-state index < -0.39 is 0 Å². The lowest BCUT2D eigenvalue weighted by Crippen LogP contribution is -2.26. The van der Waals surface area contributed by atoms with Crippen LogP contribution in [0.5, 0.6) is 0 Å². The fraction of sp³-hybridized carbons (Fsp3) is 0.923. The Bertz CT molecular complexity index is 418. The van der Waals surface area contributed by atoms with E-state index in [2.05, 4.69) is 47.6 Å². The molecule has 0 aliphatic heterocycles. The lowest BCUT2D eigenvalue weighted by atomic mass is 9.71. The second-order valence-electron chi connectivity index (χ2n) is 10.3. The van der Waals surface area contributed by atoms with Gasteiger partial charge in [-0.15, -0.1) is 0 Å². The van der Waals surface area contributed by atoms with Crippen molar-refractivity contribution < 1.29 is 0 Å². The summed E-state index contributed by atoms with van der Waals surface area (Å²) in [5.74, 6) is 6.64. The van der Waals surface area contributed by atoms with E-state index in [1.807, 2.05) is 0 Å². The van der Waals surface area contributed by atoms with E-state index in [4.69, 9.17) is 0 Å². The summed E-state index contributed by atoms with van der Waals surface area (Å²) in [5.41, 5.74) is 1.78. The normalized spacial score (nSPS) is 33.7. The Morgan fingerprint density at radius 3 is 2.23 bits per heavy atom. The third-order valence-electron chi connectivity index (χ3n) is 8.13. The first-order chi connectivity index (χ1) is 12.5. The standard InChI is InChI=1S/C26H48/c1-7-22-14-9-10-15-23(22)18-21(6)26-17-16-25(24(26)8-2)20(5)13-11-12-19(3)4/h7,19-21,23-26H,8-18H2,1-6H3/b22-7-/t20?,21?,23?,24?,25-,26+/m1/s1. The molecule has 0 spiro atoms. The van der Waals surface area contributed by atoms with Crippen LogP contribution in [0, 0.1) is 41.4 Å². The third kappa shape index (κ3) is 5.87. The van der Waals surface area contributed by atoms with Gasteiger partial charge in [-0.2, -0.15) is 0 Å². The molecule has 2 aliphatic rings. The predicted molar refractivity (Wildman–Crippen MR) is 117 cm³/mol. The van der Waals surface area contributed by atoms with Crippen molar-refractivity contribution in [3.05, 3.63) is 11.6 Å². The van der Waals surface area contributed by atoms with Crippen LogP contribution in [0.25, 0.3) is 0 Å². The second kappa shape index (κ2) is 10.9. The Morgan fingerprint density at radius 2 is 1.62 bits per heavy atom. The highest BCUT2D eigenvalue weighted by atomic mass is 14.5. The zero-order valence-corrected chi connectivity index (χ0v) is 18.9. The molecule has 2 saturated carbocycles. The Kier molecular flexibility index (Phi) is 9.25. The van der Waals surface area contributed by atoms with Gasteiger partial charge in [-0.25, -0.2) is 0 Å². The van der Waals surface area contributed by atoms with Crippen molar-refractivity contribution in [2.75, 3.05) is 0 Å². The predicted octanol–water partition coefficient (Wildman–Crippen LogP) is 8.66. The van der Waals surface area contributed by atoms with Crippen LogP contribution in [-0.2, 0) is 0 Å². The van der Waals surface area contributed by atoms with Crippen molar-refractivity contribution in [2.45, 2.75) is 112 Å². The van der Waals surface area contributed by atoms with E-state index in [9.17, 15) is 0 Å². The van der Waals surface area contributed by atoms with Crippen molar-refractivity contribution in [2.24, 2.45) is 41.4 Å². The van der Waals surface area contributed by atoms with Crippen LogP contribution >= 0.6 is 0 Å². The van der Waals surface area contributed by atoms with Gasteiger partial charge in [0.15, 0.2) is 0 Å². The van der Waals surface area contributed by atoms with Crippen LogP contribution in [0.4, 0.5) is 0 Å². The van der Waals surface area contributed by atoms with Crippen molar-refractivity contribution in [1.82, 2.24) is 0 Å². The first-order valence-corrected chi connectivity index (χ1v) is 12.1. The topological polar surface area (TPSA) is 0 Å². The fourth-order valence-corrected chi connectivity index (χ4v) is 6.59. The molecule has 4 unspecified atom stereocenters. The molecule has 26 heavy (non-hydrogen) atoms. The second-order valence-corrected chi connectivity index (χ2v) is 10.3. The molecule has 2 aliphatic carbocycles. The number of hydrogen-bond acceptors (Lipinski definition) is 0. The smallest absolute Gasteiger partial charge is 0.0201 e. The van der Waals surface area contributed by atoms with Gasteiger partial charge >= 0.3 is 0 Å². The quantitative estimate of drug-likeness (QED) is 0.361. The molecule has 0 nitrogen and oxygen atoms in total. The van der Waals surface area contributed by atoms with E-state index in [0.29, 0.717) is 0 Å². The minimum absolute atomic E-state index is 0.872. The summed E-state index contributed by atoms with van der Waals surface area (Å²) in [7, 11) is 0. The molecule has 6 atom stereocenters. The molecule has 2 rings (SSSR count). The number of rotatable bonds is 9. The maximum Gasteiger partial charge on any atom is -0.0201 e. The Labute approximate surface area is 165 Å². The molecule has 152 valence electrons. The summed E-state index contributed by atoms with van der Waals surface area (Å²) < 4.78 is 0. The Morgan fingerprint density at radius 1 is 0.923 bits per heavy atom. The van der Waals surface area contributed by atoms with Gasteiger partial charge in [-0.1, -0.05) is 78.4 Å². The van der Waals surface area contributed by atoms with Crippen LogP contribution in [0.1, 0.15) is 112 Å². The third-order valence-corrected chi connectivity index (χ3v) is 8.13. The SMILES string of the molecule is C/C=C1/CCCCC1CC(C)[C@@H]1CC[C@H](C(C)CCCC(C)C)C1CC. The highest BCUT2D eigenvalue weighted by molar-refractivity contribution is 5.08. The van der Waals surface area contributed by atoms with E-state index in [-0.39, 0.29) is 0 Å². The van der Waals surface area contributed by atoms with Crippen LogP contribution in [-0.4, -0.2) is 0 Å². The zero-order valence-electron chi connectivity index (χ0n) is 18.9. The van der Waals surface area contributed by atoms with Crippen molar-refractivity contribution >= 4 is 0 Å².